The molecule has 0 aliphatic carbocycles. The Hall–Kier alpha value is -2.37. The molecule has 2 saturated heterocycles. The van der Waals surface area contributed by atoms with Crippen LogP contribution in [0.1, 0.15) is 41.3 Å². The average molecular weight is 408 g/mol. The molecule has 5 nitrogen and oxygen atoms in total. The van der Waals surface area contributed by atoms with Gasteiger partial charge < -0.3 is 15.0 Å². The second-order valence-electron chi connectivity index (χ2n) is 8.63. The molecular formula is C25H33N3O2. The maximum absolute atomic E-state index is 12.5. The van der Waals surface area contributed by atoms with Crippen LogP contribution in [0.15, 0.2) is 48.5 Å². The van der Waals surface area contributed by atoms with Crippen molar-refractivity contribution in [2.24, 2.45) is 5.92 Å². The van der Waals surface area contributed by atoms with E-state index in [1.54, 1.807) is 0 Å². The van der Waals surface area contributed by atoms with Gasteiger partial charge >= 0.3 is 0 Å². The Morgan fingerprint density at radius 2 is 1.70 bits per heavy atom. The molecule has 1 atom stereocenters. The summed E-state index contributed by atoms with van der Waals surface area (Å²) in [5.74, 6) is 0.761. The van der Waals surface area contributed by atoms with Crippen LogP contribution < -0.4 is 10.2 Å². The fraction of sp³-hybridized carbons (Fsp3) is 0.480. The van der Waals surface area contributed by atoms with Gasteiger partial charge in [-0.2, -0.15) is 0 Å². The third-order valence-electron chi connectivity index (χ3n) is 6.13. The second-order valence-corrected chi connectivity index (χ2v) is 8.63. The van der Waals surface area contributed by atoms with Crippen LogP contribution in [0, 0.1) is 5.92 Å². The molecule has 30 heavy (non-hydrogen) atoms. The van der Waals surface area contributed by atoms with E-state index in [1.165, 1.54) is 37.2 Å². The van der Waals surface area contributed by atoms with Crippen LogP contribution in [0.2, 0.25) is 0 Å². The molecule has 1 N–H and O–H groups in total. The Kier molecular flexibility index (Phi) is 7.03. The van der Waals surface area contributed by atoms with E-state index in [9.17, 15) is 4.79 Å². The van der Waals surface area contributed by atoms with Crippen molar-refractivity contribution in [3.63, 3.8) is 0 Å². The highest BCUT2D eigenvalue weighted by Gasteiger charge is 2.16. The number of ether oxygens (including phenoxy) is 1. The summed E-state index contributed by atoms with van der Waals surface area (Å²) in [4.78, 5) is 17.4. The molecule has 2 fully saturated rings. The highest BCUT2D eigenvalue weighted by Crippen LogP contribution is 2.19. The molecule has 0 bridgehead atoms. The van der Waals surface area contributed by atoms with Crippen LogP contribution in [-0.2, 0) is 17.8 Å². The molecule has 5 heteroatoms. The molecule has 0 unspecified atom stereocenters. The van der Waals surface area contributed by atoms with Crippen molar-refractivity contribution in [1.29, 1.82) is 0 Å². The zero-order valence-corrected chi connectivity index (χ0v) is 18.0. The fourth-order valence-corrected chi connectivity index (χ4v) is 4.38. The summed E-state index contributed by atoms with van der Waals surface area (Å²) in [6.45, 7) is 9.63. The van der Waals surface area contributed by atoms with Crippen LogP contribution in [0.5, 0.6) is 0 Å². The van der Waals surface area contributed by atoms with Crippen molar-refractivity contribution in [2.75, 3.05) is 44.3 Å². The monoisotopic (exact) mass is 407 g/mol. The smallest absolute Gasteiger partial charge is 0.251 e. The number of hydrogen-bond donors (Lipinski definition) is 1. The molecule has 160 valence electrons. The summed E-state index contributed by atoms with van der Waals surface area (Å²) < 4.78 is 5.41. The Labute approximate surface area is 180 Å². The first kappa shape index (κ1) is 20.9. The Morgan fingerprint density at radius 3 is 2.40 bits per heavy atom. The Balaban J connectivity index is 1.26. The number of likely N-dealkylation sites (tertiary alicyclic amines) is 1. The minimum absolute atomic E-state index is 0.0228. The highest BCUT2D eigenvalue weighted by molar-refractivity contribution is 5.94. The van der Waals surface area contributed by atoms with Gasteiger partial charge in [-0.3, -0.25) is 9.69 Å². The van der Waals surface area contributed by atoms with E-state index >= 15 is 0 Å². The van der Waals surface area contributed by atoms with Gasteiger partial charge in [0.05, 0.1) is 13.2 Å². The van der Waals surface area contributed by atoms with E-state index in [-0.39, 0.29) is 5.91 Å². The lowest BCUT2D eigenvalue weighted by Gasteiger charge is -2.30. The molecule has 0 aromatic heterocycles. The number of morpholine rings is 1. The quantitative estimate of drug-likeness (QED) is 0.793. The molecule has 0 spiro atoms. The predicted octanol–water partition coefficient (Wildman–Crippen LogP) is 3.69. The molecule has 2 aliphatic rings. The van der Waals surface area contributed by atoms with Crippen LogP contribution in [0.4, 0.5) is 5.69 Å². The van der Waals surface area contributed by atoms with Crippen LogP contribution in [0.25, 0.3) is 0 Å². The molecule has 2 heterocycles. The van der Waals surface area contributed by atoms with E-state index in [1.807, 2.05) is 12.1 Å². The van der Waals surface area contributed by atoms with Gasteiger partial charge in [0, 0.05) is 44.0 Å². The molecular weight excluding hydrogens is 374 g/mol. The third kappa shape index (κ3) is 5.61. The number of anilines is 1. The van der Waals surface area contributed by atoms with Crippen molar-refractivity contribution in [1.82, 2.24) is 10.2 Å². The fourth-order valence-electron chi connectivity index (χ4n) is 4.38. The molecule has 2 aromatic rings. The first-order chi connectivity index (χ1) is 14.7. The number of benzene rings is 2. The van der Waals surface area contributed by atoms with E-state index in [0.29, 0.717) is 6.54 Å². The highest BCUT2D eigenvalue weighted by atomic mass is 16.5. The summed E-state index contributed by atoms with van der Waals surface area (Å²) in [6.07, 6.45) is 2.63. The van der Waals surface area contributed by atoms with E-state index in [2.05, 4.69) is 58.4 Å². The summed E-state index contributed by atoms with van der Waals surface area (Å²) in [6, 6.07) is 16.5. The van der Waals surface area contributed by atoms with Gasteiger partial charge in [0.15, 0.2) is 0 Å². The van der Waals surface area contributed by atoms with E-state index in [4.69, 9.17) is 4.74 Å². The Morgan fingerprint density at radius 1 is 1.00 bits per heavy atom. The lowest BCUT2D eigenvalue weighted by Crippen LogP contribution is -2.36. The second kappa shape index (κ2) is 10.1. The Bertz CT molecular complexity index is 813. The molecule has 2 aromatic carbocycles. The maximum Gasteiger partial charge on any atom is 0.251 e. The van der Waals surface area contributed by atoms with Crippen molar-refractivity contribution < 1.29 is 9.53 Å². The van der Waals surface area contributed by atoms with Crippen molar-refractivity contribution in [3.8, 4) is 0 Å². The summed E-state index contributed by atoms with van der Waals surface area (Å²) in [5, 5.41) is 3.04. The number of piperidine rings is 1. The lowest BCUT2D eigenvalue weighted by atomic mass is 9.99. The summed E-state index contributed by atoms with van der Waals surface area (Å²) in [7, 11) is 0. The maximum atomic E-state index is 12.5. The number of carbonyl (C=O) groups is 1. The number of nitrogens with zero attached hydrogens (tertiary/aromatic N) is 2. The van der Waals surface area contributed by atoms with Crippen LogP contribution >= 0.6 is 0 Å². The zero-order chi connectivity index (χ0) is 20.8. The molecule has 0 saturated carbocycles. The van der Waals surface area contributed by atoms with Crippen molar-refractivity contribution >= 4 is 11.6 Å². The number of carbonyl (C=O) groups excluding carboxylic acids is 1. The molecule has 1 amide bonds. The van der Waals surface area contributed by atoms with Gasteiger partial charge in [-0.1, -0.05) is 31.2 Å². The van der Waals surface area contributed by atoms with Gasteiger partial charge in [0.1, 0.15) is 0 Å². The number of amides is 1. The number of nitrogens with one attached hydrogen (secondary N) is 1. The van der Waals surface area contributed by atoms with Gasteiger partial charge in [-0.15, -0.1) is 0 Å². The molecule has 0 radical (unpaired) electrons. The first-order valence-corrected chi connectivity index (χ1v) is 11.2. The number of hydrogen-bond acceptors (Lipinski definition) is 4. The van der Waals surface area contributed by atoms with Crippen molar-refractivity contribution in [3.05, 3.63) is 65.2 Å². The van der Waals surface area contributed by atoms with Crippen molar-refractivity contribution in [2.45, 2.75) is 32.9 Å². The van der Waals surface area contributed by atoms with Gasteiger partial charge in [0.2, 0.25) is 0 Å². The zero-order valence-electron chi connectivity index (χ0n) is 18.0. The average Bonchev–Trinajstić information content (AvgIpc) is 2.79. The predicted molar refractivity (Wildman–Crippen MR) is 121 cm³/mol. The minimum Gasteiger partial charge on any atom is -0.378 e. The van der Waals surface area contributed by atoms with Gasteiger partial charge in [0.25, 0.3) is 5.91 Å². The summed E-state index contributed by atoms with van der Waals surface area (Å²) in [5.41, 5.74) is 4.32. The topological polar surface area (TPSA) is 44.8 Å². The van der Waals surface area contributed by atoms with Crippen LogP contribution in [0.3, 0.4) is 0 Å². The third-order valence-corrected chi connectivity index (χ3v) is 6.13. The standard InChI is InChI=1S/C25H33N3O2/c1-20-3-2-12-27(18-20)19-22-4-8-23(9-5-22)25(29)26-17-21-6-10-24(11-7-21)28-13-15-30-16-14-28/h4-11,20H,2-3,12-19H2,1H3,(H,26,29)/t20-/m0/s1. The van der Waals surface area contributed by atoms with Gasteiger partial charge in [-0.25, -0.2) is 0 Å². The van der Waals surface area contributed by atoms with E-state index in [0.717, 1.165) is 49.9 Å². The minimum atomic E-state index is -0.0228. The first-order valence-electron chi connectivity index (χ1n) is 11.2. The number of rotatable bonds is 6. The lowest BCUT2D eigenvalue weighted by molar-refractivity contribution is 0.0951. The largest absolute Gasteiger partial charge is 0.378 e. The molecule has 4 rings (SSSR count). The SMILES string of the molecule is C[C@H]1CCCN(Cc2ccc(C(=O)NCc3ccc(N4CCOCC4)cc3)cc2)C1. The van der Waals surface area contributed by atoms with E-state index < -0.39 is 0 Å². The van der Waals surface area contributed by atoms with Crippen LogP contribution in [-0.4, -0.2) is 50.2 Å². The van der Waals surface area contributed by atoms with Gasteiger partial charge in [-0.05, 0) is 60.7 Å². The molecule has 2 aliphatic heterocycles. The normalized spacial score (nSPS) is 20.2. The summed E-state index contributed by atoms with van der Waals surface area (Å²) >= 11 is 0.